The largest absolute Gasteiger partial charge is 0.489 e. The van der Waals surface area contributed by atoms with Crippen molar-refractivity contribution in [3.8, 4) is 11.4 Å². The zero-order valence-electron chi connectivity index (χ0n) is 19.6. The van der Waals surface area contributed by atoms with E-state index in [0.29, 0.717) is 32.6 Å². The van der Waals surface area contributed by atoms with E-state index in [1.54, 1.807) is 24.3 Å². The van der Waals surface area contributed by atoms with Crippen molar-refractivity contribution in [2.45, 2.75) is 32.7 Å². The van der Waals surface area contributed by atoms with Gasteiger partial charge in [0.1, 0.15) is 23.9 Å². The number of halogens is 5. The van der Waals surface area contributed by atoms with Crippen LogP contribution in [0.25, 0.3) is 5.69 Å². The second-order valence-electron chi connectivity index (χ2n) is 8.18. The highest BCUT2D eigenvalue weighted by Crippen LogP contribution is 2.30. The molecule has 5 nitrogen and oxygen atoms in total. The fourth-order valence-corrected chi connectivity index (χ4v) is 4.18. The number of alkyl halides is 3. The predicted octanol–water partition coefficient (Wildman–Crippen LogP) is 6.00. The van der Waals surface area contributed by atoms with E-state index in [0.717, 1.165) is 11.6 Å². The summed E-state index contributed by atoms with van der Waals surface area (Å²) < 4.78 is 61.7. The molecule has 0 fully saturated rings. The van der Waals surface area contributed by atoms with E-state index in [9.17, 15) is 27.2 Å². The van der Waals surface area contributed by atoms with E-state index in [2.05, 4.69) is 0 Å². The number of rotatable bonds is 7. The van der Waals surface area contributed by atoms with Crippen LogP contribution in [0.4, 0.5) is 17.6 Å². The van der Waals surface area contributed by atoms with Gasteiger partial charge in [0.2, 0.25) is 0 Å². The van der Waals surface area contributed by atoms with Crippen molar-refractivity contribution in [1.29, 1.82) is 0 Å². The number of aromatic nitrogens is 2. The van der Waals surface area contributed by atoms with E-state index < -0.39 is 34.6 Å². The maximum Gasteiger partial charge on any atom is 0.431 e. The van der Waals surface area contributed by atoms with Gasteiger partial charge in [-0.15, -0.1) is 0 Å². The molecule has 0 bridgehead atoms. The Kier molecular flexibility index (Phi) is 7.54. The van der Waals surface area contributed by atoms with Gasteiger partial charge in [0.05, 0.1) is 5.69 Å². The van der Waals surface area contributed by atoms with Gasteiger partial charge in [-0.1, -0.05) is 60.1 Å². The monoisotopic (exact) mass is 532 g/mol. The lowest BCUT2D eigenvalue weighted by molar-refractivity contribution is -0.144. The van der Waals surface area contributed by atoms with Crippen LogP contribution in [0.2, 0.25) is 5.02 Å². The van der Waals surface area contributed by atoms with E-state index in [1.165, 1.54) is 13.0 Å². The topological polar surface area (TPSA) is 53.2 Å². The fourth-order valence-electron chi connectivity index (χ4n) is 3.96. The van der Waals surface area contributed by atoms with Gasteiger partial charge < -0.3 is 4.74 Å². The third-order valence-corrected chi connectivity index (χ3v) is 6.10. The minimum Gasteiger partial charge on any atom is -0.489 e. The molecule has 10 heteroatoms. The van der Waals surface area contributed by atoms with Gasteiger partial charge in [-0.3, -0.25) is 9.36 Å². The normalized spacial score (nSPS) is 11.5. The SMILES string of the molecule is CCn1c(C(F)(F)F)cc(=O)n(-c2cc(Cc3ccccc3OCc3ccccc3)c(Cl)cc2F)c1=O. The van der Waals surface area contributed by atoms with Crippen molar-refractivity contribution < 1.29 is 22.3 Å². The van der Waals surface area contributed by atoms with Crippen molar-refractivity contribution in [2.24, 2.45) is 0 Å². The Labute approximate surface area is 214 Å². The second kappa shape index (κ2) is 10.6. The van der Waals surface area contributed by atoms with Crippen LogP contribution in [0.15, 0.2) is 82.4 Å². The first kappa shape index (κ1) is 26.2. The Bertz CT molecular complexity index is 1550. The first-order chi connectivity index (χ1) is 17.6. The van der Waals surface area contributed by atoms with Gasteiger partial charge in [-0.2, -0.15) is 13.2 Å². The Hall–Kier alpha value is -3.85. The molecule has 0 N–H and O–H groups in total. The molecule has 0 aliphatic heterocycles. The zero-order valence-corrected chi connectivity index (χ0v) is 20.3. The Morgan fingerprint density at radius 3 is 2.27 bits per heavy atom. The van der Waals surface area contributed by atoms with Crippen LogP contribution in [-0.2, 0) is 25.7 Å². The van der Waals surface area contributed by atoms with Crippen molar-refractivity contribution in [2.75, 3.05) is 0 Å². The number of para-hydroxylation sites is 1. The zero-order chi connectivity index (χ0) is 26.7. The molecule has 0 saturated heterocycles. The minimum atomic E-state index is -4.93. The highest BCUT2D eigenvalue weighted by atomic mass is 35.5. The third kappa shape index (κ3) is 5.61. The van der Waals surface area contributed by atoms with Crippen LogP contribution in [0.3, 0.4) is 0 Å². The minimum absolute atomic E-state index is 0.0230. The summed E-state index contributed by atoms with van der Waals surface area (Å²) in [5, 5.41) is 0.0230. The molecular formula is C27H21ClF4N2O3. The molecule has 4 aromatic rings. The molecular weight excluding hydrogens is 512 g/mol. The van der Waals surface area contributed by atoms with Gasteiger partial charge in [-0.25, -0.2) is 13.8 Å². The van der Waals surface area contributed by atoms with E-state index in [4.69, 9.17) is 16.3 Å². The molecule has 0 amide bonds. The van der Waals surface area contributed by atoms with Crippen molar-refractivity contribution >= 4 is 11.6 Å². The number of ether oxygens (including phenoxy) is 1. The molecule has 4 rings (SSSR count). The van der Waals surface area contributed by atoms with Gasteiger partial charge in [0, 0.05) is 24.1 Å². The molecule has 0 spiro atoms. The van der Waals surface area contributed by atoms with Crippen LogP contribution < -0.4 is 16.0 Å². The lowest BCUT2D eigenvalue weighted by Crippen LogP contribution is -2.42. The molecule has 0 saturated carbocycles. The third-order valence-electron chi connectivity index (χ3n) is 5.75. The first-order valence-electron chi connectivity index (χ1n) is 11.3. The highest BCUT2D eigenvalue weighted by molar-refractivity contribution is 6.31. The summed E-state index contributed by atoms with van der Waals surface area (Å²) in [6.07, 6.45) is -4.78. The Balaban J connectivity index is 1.75. The van der Waals surface area contributed by atoms with Crippen LogP contribution in [0.1, 0.15) is 29.3 Å². The van der Waals surface area contributed by atoms with Crippen LogP contribution in [0, 0.1) is 5.82 Å². The lowest BCUT2D eigenvalue weighted by Gasteiger charge is -2.17. The standard InChI is InChI=1S/C27H21ClF4N2O3/c1-2-33-24(27(30,31)32)15-25(35)34(26(33)36)22-13-19(20(28)14-21(22)29)12-18-10-6-7-11-23(18)37-16-17-8-4-3-5-9-17/h3-11,13-15H,2,12,16H2,1H3. The van der Waals surface area contributed by atoms with Crippen molar-refractivity contribution in [1.82, 2.24) is 9.13 Å². The number of hydrogen-bond donors (Lipinski definition) is 0. The molecule has 1 heterocycles. The molecule has 1 aromatic heterocycles. The Morgan fingerprint density at radius 2 is 1.59 bits per heavy atom. The van der Waals surface area contributed by atoms with Crippen molar-refractivity contribution in [3.63, 3.8) is 0 Å². The molecule has 0 aliphatic carbocycles. The average molecular weight is 533 g/mol. The Morgan fingerprint density at radius 1 is 0.919 bits per heavy atom. The molecule has 37 heavy (non-hydrogen) atoms. The molecule has 0 radical (unpaired) electrons. The summed E-state index contributed by atoms with van der Waals surface area (Å²) in [6, 6.07) is 19.0. The summed E-state index contributed by atoms with van der Waals surface area (Å²) in [5.74, 6) is -0.475. The maximum atomic E-state index is 14.9. The fraction of sp³-hybridized carbons (Fsp3) is 0.185. The summed E-state index contributed by atoms with van der Waals surface area (Å²) >= 11 is 6.29. The average Bonchev–Trinajstić information content (AvgIpc) is 2.86. The number of benzene rings is 3. The molecule has 0 aliphatic rings. The lowest BCUT2D eigenvalue weighted by atomic mass is 10.0. The summed E-state index contributed by atoms with van der Waals surface area (Å²) in [7, 11) is 0. The molecule has 192 valence electrons. The van der Waals surface area contributed by atoms with Gasteiger partial charge in [-0.05, 0) is 41.8 Å². The number of nitrogens with zero attached hydrogens (tertiary/aromatic N) is 2. The summed E-state index contributed by atoms with van der Waals surface area (Å²) in [6.45, 7) is 1.25. The van der Waals surface area contributed by atoms with Crippen molar-refractivity contribution in [3.05, 3.63) is 127 Å². The van der Waals surface area contributed by atoms with Crippen LogP contribution in [-0.4, -0.2) is 9.13 Å². The quantitative estimate of drug-likeness (QED) is 0.274. The van der Waals surface area contributed by atoms with Gasteiger partial charge >= 0.3 is 11.9 Å². The van der Waals surface area contributed by atoms with Crippen LogP contribution >= 0.6 is 11.6 Å². The van der Waals surface area contributed by atoms with E-state index >= 15 is 0 Å². The molecule has 0 atom stereocenters. The van der Waals surface area contributed by atoms with E-state index in [-0.39, 0.29) is 24.1 Å². The summed E-state index contributed by atoms with van der Waals surface area (Å²) in [4.78, 5) is 25.5. The molecule has 3 aromatic carbocycles. The van der Waals surface area contributed by atoms with Gasteiger partial charge in [0.15, 0.2) is 0 Å². The van der Waals surface area contributed by atoms with Gasteiger partial charge in [0.25, 0.3) is 5.56 Å². The first-order valence-corrected chi connectivity index (χ1v) is 11.6. The van der Waals surface area contributed by atoms with E-state index in [1.807, 2.05) is 30.3 Å². The number of hydrogen-bond acceptors (Lipinski definition) is 3. The maximum absolute atomic E-state index is 14.9. The smallest absolute Gasteiger partial charge is 0.431 e. The highest BCUT2D eigenvalue weighted by Gasteiger charge is 2.36. The second-order valence-corrected chi connectivity index (χ2v) is 8.59. The predicted molar refractivity (Wildman–Crippen MR) is 132 cm³/mol. The summed E-state index contributed by atoms with van der Waals surface area (Å²) in [5.41, 5.74) is -2.50. The van der Waals surface area contributed by atoms with Crippen LogP contribution in [0.5, 0.6) is 5.75 Å². The molecule has 0 unspecified atom stereocenters.